The topological polar surface area (TPSA) is 69.3 Å². The Kier molecular flexibility index (Phi) is 3.99. The summed E-state index contributed by atoms with van der Waals surface area (Å²) in [5, 5.41) is 0. The highest BCUT2D eigenvalue weighted by Gasteiger charge is 2.21. The van der Waals surface area contributed by atoms with Crippen LogP contribution in [0.15, 0.2) is 4.79 Å². The van der Waals surface area contributed by atoms with Crippen molar-refractivity contribution >= 4 is 5.91 Å². The van der Waals surface area contributed by atoms with Gasteiger partial charge in [-0.25, -0.2) is 4.98 Å². The molecule has 1 N–H and O–H groups in total. The number of aromatic amines is 1. The molecule has 1 aliphatic rings. The van der Waals surface area contributed by atoms with Crippen LogP contribution in [0.5, 0.6) is 0 Å². The van der Waals surface area contributed by atoms with Crippen molar-refractivity contribution in [3.8, 4) is 0 Å². The molecule has 1 amide bonds. The van der Waals surface area contributed by atoms with Gasteiger partial charge in [0.15, 0.2) is 0 Å². The molecule has 1 aliphatic heterocycles. The number of carbonyl (C=O) groups is 1. The summed E-state index contributed by atoms with van der Waals surface area (Å²) in [6.07, 6.45) is 0.137. The summed E-state index contributed by atoms with van der Waals surface area (Å²) in [6.45, 7) is 6.73. The first-order valence-electron chi connectivity index (χ1n) is 6.50. The molecule has 0 aliphatic carbocycles. The van der Waals surface area contributed by atoms with Crippen molar-refractivity contribution in [3.05, 3.63) is 27.4 Å². The van der Waals surface area contributed by atoms with Gasteiger partial charge in [-0.3, -0.25) is 9.59 Å². The number of nitrogens with zero attached hydrogens (tertiary/aromatic N) is 3. The molecule has 1 aromatic heterocycles. The average Bonchev–Trinajstić information content (AvgIpc) is 2.34. The minimum Gasteiger partial charge on any atom is -0.340 e. The van der Waals surface area contributed by atoms with Gasteiger partial charge in [-0.15, -0.1) is 0 Å². The molecule has 0 radical (unpaired) electrons. The Hall–Kier alpha value is -1.69. The number of hydrogen-bond acceptors (Lipinski definition) is 4. The quantitative estimate of drug-likeness (QED) is 0.796. The number of hydrogen-bond donors (Lipinski definition) is 1. The van der Waals surface area contributed by atoms with Crippen molar-refractivity contribution < 1.29 is 4.79 Å². The molecule has 0 bridgehead atoms. The van der Waals surface area contributed by atoms with E-state index in [1.165, 1.54) is 0 Å². The molecule has 0 unspecified atom stereocenters. The molecule has 0 spiro atoms. The first kappa shape index (κ1) is 13.7. The molecule has 6 heteroatoms. The third-order valence-electron chi connectivity index (χ3n) is 3.52. The van der Waals surface area contributed by atoms with Gasteiger partial charge < -0.3 is 14.8 Å². The molecule has 2 heterocycles. The van der Waals surface area contributed by atoms with Crippen molar-refractivity contribution in [1.82, 2.24) is 19.8 Å². The predicted octanol–water partition coefficient (Wildman–Crippen LogP) is -0.297. The number of nitrogens with one attached hydrogen (secondary N) is 1. The standard InChI is InChI=1S/C13H20N4O2/c1-9-11(13(19)15-10(2)14-9)8-12(18)17-6-4-16(3)5-7-17/h4-8H2,1-3H3,(H,14,15,19). The van der Waals surface area contributed by atoms with Crippen molar-refractivity contribution in [3.63, 3.8) is 0 Å². The minimum atomic E-state index is -0.201. The zero-order valence-electron chi connectivity index (χ0n) is 11.7. The van der Waals surface area contributed by atoms with Gasteiger partial charge in [-0.1, -0.05) is 0 Å². The number of rotatable bonds is 2. The van der Waals surface area contributed by atoms with Crippen LogP contribution in [-0.2, 0) is 11.2 Å². The highest BCUT2D eigenvalue weighted by Crippen LogP contribution is 2.05. The van der Waals surface area contributed by atoms with Gasteiger partial charge in [0.1, 0.15) is 5.82 Å². The Labute approximate surface area is 112 Å². The normalized spacial score (nSPS) is 16.7. The summed E-state index contributed by atoms with van der Waals surface area (Å²) in [5.41, 5.74) is 0.922. The van der Waals surface area contributed by atoms with Gasteiger partial charge >= 0.3 is 0 Å². The molecule has 0 atom stereocenters. The molecule has 104 valence electrons. The lowest BCUT2D eigenvalue weighted by Crippen LogP contribution is -2.48. The van der Waals surface area contributed by atoms with Crippen molar-refractivity contribution in [2.75, 3.05) is 33.2 Å². The van der Waals surface area contributed by atoms with E-state index in [1.54, 1.807) is 13.8 Å². The van der Waals surface area contributed by atoms with Gasteiger partial charge in [0.05, 0.1) is 6.42 Å². The summed E-state index contributed by atoms with van der Waals surface area (Å²) in [6, 6.07) is 0. The molecule has 2 rings (SSSR count). The van der Waals surface area contributed by atoms with E-state index in [-0.39, 0.29) is 17.9 Å². The average molecular weight is 264 g/mol. The highest BCUT2D eigenvalue weighted by molar-refractivity contribution is 5.79. The molecule has 1 fully saturated rings. The van der Waals surface area contributed by atoms with Crippen LogP contribution < -0.4 is 5.56 Å². The number of aromatic nitrogens is 2. The maximum absolute atomic E-state index is 12.2. The van der Waals surface area contributed by atoms with E-state index >= 15 is 0 Å². The highest BCUT2D eigenvalue weighted by atomic mass is 16.2. The van der Waals surface area contributed by atoms with Crippen LogP contribution in [-0.4, -0.2) is 58.9 Å². The first-order chi connectivity index (χ1) is 8.97. The summed E-state index contributed by atoms with van der Waals surface area (Å²) in [7, 11) is 2.04. The van der Waals surface area contributed by atoms with Crippen molar-refractivity contribution in [2.45, 2.75) is 20.3 Å². The van der Waals surface area contributed by atoms with Gasteiger partial charge in [0.25, 0.3) is 5.56 Å². The van der Waals surface area contributed by atoms with Crippen LogP contribution >= 0.6 is 0 Å². The molecule has 0 aromatic carbocycles. The van der Waals surface area contributed by atoms with Crippen LogP contribution in [0.4, 0.5) is 0 Å². The maximum atomic E-state index is 12.2. The van der Waals surface area contributed by atoms with Crippen molar-refractivity contribution in [2.24, 2.45) is 0 Å². The van der Waals surface area contributed by atoms with Crippen LogP contribution in [0.2, 0.25) is 0 Å². The lowest BCUT2D eigenvalue weighted by atomic mass is 10.1. The number of amides is 1. The van der Waals surface area contributed by atoms with E-state index in [1.807, 2.05) is 11.9 Å². The maximum Gasteiger partial charge on any atom is 0.254 e. The fraction of sp³-hybridized carbons (Fsp3) is 0.615. The van der Waals surface area contributed by atoms with Crippen molar-refractivity contribution in [1.29, 1.82) is 0 Å². The lowest BCUT2D eigenvalue weighted by molar-refractivity contribution is -0.132. The molecule has 0 saturated carbocycles. The number of carbonyl (C=O) groups excluding carboxylic acids is 1. The summed E-state index contributed by atoms with van der Waals surface area (Å²) in [4.78, 5) is 34.9. The summed E-state index contributed by atoms with van der Waals surface area (Å²) in [5.74, 6) is 0.589. The Morgan fingerprint density at radius 2 is 1.89 bits per heavy atom. The second-order valence-electron chi connectivity index (χ2n) is 5.08. The predicted molar refractivity (Wildman–Crippen MR) is 72.1 cm³/mol. The Morgan fingerprint density at radius 1 is 1.26 bits per heavy atom. The van der Waals surface area contributed by atoms with E-state index in [0.29, 0.717) is 17.1 Å². The fourth-order valence-electron chi connectivity index (χ4n) is 2.28. The molecule has 1 saturated heterocycles. The number of aryl methyl sites for hydroxylation is 2. The van der Waals surface area contributed by atoms with Gasteiger partial charge in [-0.2, -0.15) is 0 Å². The smallest absolute Gasteiger partial charge is 0.254 e. The third kappa shape index (κ3) is 3.20. The Bertz CT molecular complexity index is 530. The molecular formula is C13H20N4O2. The molecular weight excluding hydrogens is 244 g/mol. The van der Waals surface area contributed by atoms with Gasteiger partial charge in [-0.05, 0) is 20.9 Å². The Morgan fingerprint density at radius 3 is 2.47 bits per heavy atom. The molecule has 1 aromatic rings. The fourth-order valence-corrected chi connectivity index (χ4v) is 2.28. The first-order valence-corrected chi connectivity index (χ1v) is 6.50. The molecule has 19 heavy (non-hydrogen) atoms. The van der Waals surface area contributed by atoms with Crippen LogP contribution in [0, 0.1) is 13.8 Å². The van der Waals surface area contributed by atoms with E-state index in [2.05, 4.69) is 14.9 Å². The van der Waals surface area contributed by atoms with Gasteiger partial charge in [0.2, 0.25) is 5.91 Å². The monoisotopic (exact) mass is 264 g/mol. The third-order valence-corrected chi connectivity index (χ3v) is 3.52. The zero-order chi connectivity index (χ0) is 14.0. The molecule has 6 nitrogen and oxygen atoms in total. The number of piperazine rings is 1. The van der Waals surface area contributed by atoms with E-state index in [0.717, 1.165) is 26.2 Å². The summed E-state index contributed by atoms with van der Waals surface area (Å²) < 4.78 is 0. The minimum absolute atomic E-state index is 0.00681. The van der Waals surface area contributed by atoms with E-state index < -0.39 is 0 Å². The zero-order valence-corrected chi connectivity index (χ0v) is 11.7. The van der Waals surface area contributed by atoms with Crippen LogP contribution in [0.25, 0.3) is 0 Å². The second kappa shape index (κ2) is 5.52. The second-order valence-corrected chi connectivity index (χ2v) is 5.08. The largest absolute Gasteiger partial charge is 0.340 e. The Balaban J connectivity index is 2.09. The SMILES string of the molecule is Cc1nc(C)c(CC(=O)N2CCN(C)CC2)c(=O)[nH]1. The van der Waals surface area contributed by atoms with E-state index in [4.69, 9.17) is 0 Å². The number of likely N-dealkylation sites (N-methyl/N-ethyl adjacent to an activating group) is 1. The van der Waals surface area contributed by atoms with Crippen LogP contribution in [0.1, 0.15) is 17.1 Å². The summed E-state index contributed by atoms with van der Waals surface area (Å²) >= 11 is 0. The lowest BCUT2D eigenvalue weighted by Gasteiger charge is -2.32. The van der Waals surface area contributed by atoms with Crippen LogP contribution in [0.3, 0.4) is 0 Å². The van der Waals surface area contributed by atoms with Gasteiger partial charge in [0, 0.05) is 37.4 Å². The van der Waals surface area contributed by atoms with E-state index in [9.17, 15) is 9.59 Å². The number of H-pyrrole nitrogens is 1.